The molecular weight excluding hydrogens is 364 g/mol. The number of halogens is 1. The Labute approximate surface area is 149 Å². The third kappa shape index (κ3) is 1.76. The average Bonchev–Trinajstić information content (AvgIpc) is 2.80. The maximum Gasteiger partial charge on any atom is 0.184 e. The van der Waals surface area contributed by atoms with E-state index in [2.05, 4.69) is 66.2 Å². The molecule has 0 N–H and O–H groups in total. The van der Waals surface area contributed by atoms with Gasteiger partial charge in [-0.1, -0.05) is 44.2 Å². The van der Waals surface area contributed by atoms with Crippen LogP contribution in [0, 0.1) is 0 Å². The van der Waals surface area contributed by atoms with E-state index in [4.69, 9.17) is 9.47 Å². The molecule has 3 aromatic carbocycles. The lowest BCUT2D eigenvalue weighted by Crippen LogP contribution is -2.15. The molecule has 0 radical (unpaired) electrons. The maximum absolute atomic E-state index is 6.15. The van der Waals surface area contributed by atoms with E-state index in [0.717, 1.165) is 27.5 Å². The van der Waals surface area contributed by atoms with Gasteiger partial charge in [0.2, 0.25) is 0 Å². The van der Waals surface area contributed by atoms with Crippen molar-refractivity contribution in [1.29, 1.82) is 0 Å². The van der Waals surface area contributed by atoms with Crippen LogP contribution >= 0.6 is 15.9 Å². The molecule has 3 heteroatoms. The molecule has 5 rings (SSSR count). The predicted octanol–water partition coefficient (Wildman–Crippen LogP) is 6.65. The third-order valence-electron chi connectivity index (χ3n) is 5.01. The van der Waals surface area contributed by atoms with Gasteiger partial charge in [-0.25, -0.2) is 0 Å². The highest BCUT2D eigenvalue weighted by molar-refractivity contribution is 9.10. The van der Waals surface area contributed by atoms with Crippen molar-refractivity contribution in [1.82, 2.24) is 0 Å². The number of hydrogen-bond acceptors (Lipinski definition) is 2. The first-order chi connectivity index (χ1) is 11.6. The highest BCUT2D eigenvalue weighted by atomic mass is 79.9. The van der Waals surface area contributed by atoms with Gasteiger partial charge < -0.3 is 9.47 Å². The smallest absolute Gasteiger partial charge is 0.184 e. The monoisotopic (exact) mass is 378 g/mol. The zero-order chi connectivity index (χ0) is 16.5. The molecule has 1 aliphatic carbocycles. The maximum atomic E-state index is 6.15. The summed E-state index contributed by atoms with van der Waals surface area (Å²) in [6, 6.07) is 18.7. The second kappa shape index (κ2) is 4.64. The molecule has 1 aliphatic heterocycles. The first-order valence-electron chi connectivity index (χ1n) is 7.98. The lowest BCUT2D eigenvalue weighted by Gasteiger charge is -2.25. The topological polar surface area (TPSA) is 18.5 Å². The van der Waals surface area contributed by atoms with E-state index < -0.39 is 0 Å². The van der Waals surface area contributed by atoms with E-state index >= 15 is 0 Å². The average molecular weight is 379 g/mol. The Kier molecular flexibility index (Phi) is 2.73. The van der Waals surface area contributed by atoms with Crippen molar-refractivity contribution in [2.75, 3.05) is 0 Å². The van der Waals surface area contributed by atoms with Crippen LogP contribution in [0.15, 0.2) is 59.1 Å². The predicted molar refractivity (Wildman–Crippen MR) is 98.3 cm³/mol. The van der Waals surface area contributed by atoms with E-state index in [1.165, 1.54) is 22.3 Å². The van der Waals surface area contributed by atoms with Crippen LogP contribution in [0.3, 0.4) is 0 Å². The molecule has 0 aromatic heterocycles. The molecule has 2 aliphatic rings. The Hall–Kier alpha value is -2.26. The quantitative estimate of drug-likeness (QED) is 0.340. The number of ether oxygens (including phenoxy) is 2. The molecule has 24 heavy (non-hydrogen) atoms. The Balaban J connectivity index is 1.73. The van der Waals surface area contributed by atoms with Gasteiger partial charge >= 0.3 is 0 Å². The molecule has 0 spiro atoms. The summed E-state index contributed by atoms with van der Waals surface area (Å²) in [4.78, 5) is 0. The SMILES string of the molecule is CC1(C)c2ccccc2-c2cc3c(cc21)Oc1c(Br)cccc1O3. The largest absolute Gasteiger partial charge is 0.449 e. The number of benzene rings is 3. The molecule has 0 unspecified atom stereocenters. The molecule has 0 fully saturated rings. The highest BCUT2D eigenvalue weighted by Crippen LogP contribution is 2.55. The fourth-order valence-corrected chi connectivity index (χ4v) is 4.19. The van der Waals surface area contributed by atoms with E-state index in [1.807, 2.05) is 18.2 Å². The Morgan fingerprint density at radius 1 is 0.750 bits per heavy atom. The lowest BCUT2D eigenvalue weighted by atomic mass is 9.82. The Morgan fingerprint density at radius 2 is 1.54 bits per heavy atom. The van der Waals surface area contributed by atoms with Crippen LogP contribution in [0.1, 0.15) is 25.0 Å². The van der Waals surface area contributed by atoms with Gasteiger partial charge in [0.1, 0.15) is 0 Å². The van der Waals surface area contributed by atoms with Crippen LogP contribution in [0.4, 0.5) is 0 Å². The van der Waals surface area contributed by atoms with Crippen molar-refractivity contribution in [3.8, 4) is 34.1 Å². The molecule has 2 nitrogen and oxygen atoms in total. The normalized spacial score (nSPS) is 15.5. The summed E-state index contributed by atoms with van der Waals surface area (Å²) in [6.07, 6.45) is 0. The molecule has 1 heterocycles. The summed E-state index contributed by atoms with van der Waals surface area (Å²) in [5.41, 5.74) is 5.10. The Bertz CT molecular complexity index is 1000. The Morgan fingerprint density at radius 3 is 2.42 bits per heavy atom. The molecule has 0 saturated carbocycles. The highest BCUT2D eigenvalue weighted by Gasteiger charge is 2.37. The first kappa shape index (κ1) is 14.1. The molecule has 118 valence electrons. The summed E-state index contributed by atoms with van der Waals surface area (Å²) >= 11 is 3.54. The summed E-state index contributed by atoms with van der Waals surface area (Å²) in [5, 5.41) is 0. The van der Waals surface area contributed by atoms with Gasteiger partial charge in [-0.15, -0.1) is 0 Å². The minimum atomic E-state index is -0.0431. The number of fused-ring (bicyclic) bond motifs is 5. The van der Waals surface area contributed by atoms with Crippen molar-refractivity contribution >= 4 is 15.9 Å². The van der Waals surface area contributed by atoms with Crippen LogP contribution in [0.25, 0.3) is 11.1 Å². The summed E-state index contributed by atoms with van der Waals surface area (Å²) in [5.74, 6) is 3.02. The van der Waals surface area contributed by atoms with Gasteiger partial charge in [-0.3, -0.25) is 0 Å². The number of rotatable bonds is 0. The van der Waals surface area contributed by atoms with Crippen LogP contribution in [-0.4, -0.2) is 0 Å². The van der Waals surface area contributed by atoms with E-state index in [-0.39, 0.29) is 5.41 Å². The van der Waals surface area contributed by atoms with Crippen LogP contribution < -0.4 is 9.47 Å². The number of para-hydroxylation sites is 1. The fourth-order valence-electron chi connectivity index (χ4n) is 3.76. The molecule has 0 bridgehead atoms. The third-order valence-corrected chi connectivity index (χ3v) is 5.64. The minimum absolute atomic E-state index is 0.0431. The standard InChI is InChI=1S/C21H15BrO2/c1-21(2)14-7-4-3-6-12(14)13-10-18-19(11-15(13)21)24-20-16(22)8-5-9-17(20)23-18/h3-11H,1-2H3. The summed E-state index contributed by atoms with van der Waals surface area (Å²) < 4.78 is 13.2. The van der Waals surface area contributed by atoms with E-state index in [9.17, 15) is 0 Å². The van der Waals surface area contributed by atoms with Crippen molar-refractivity contribution in [3.63, 3.8) is 0 Å². The van der Waals surface area contributed by atoms with Gasteiger partial charge in [0.05, 0.1) is 4.47 Å². The van der Waals surface area contributed by atoms with Gasteiger partial charge in [-0.2, -0.15) is 0 Å². The molecule has 3 aromatic rings. The minimum Gasteiger partial charge on any atom is -0.449 e. The van der Waals surface area contributed by atoms with E-state index in [0.29, 0.717) is 0 Å². The van der Waals surface area contributed by atoms with Gasteiger partial charge in [0.15, 0.2) is 23.0 Å². The molecule has 0 atom stereocenters. The van der Waals surface area contributed by atoms with E-state index in [1.54, 1.807) is 0 Å². The van der Waals surface area contributed by atoms with Crippen molar-refractivity contribution < 1.29 is 9.47 Å². The number of hydrogen-bond donors (Lipinski definition) is 0. The first-order valence-corrected chi connectivity index (χ1v) is 8.77. The summed E-state index contributed by atoms with van der Waals surface area (Å²) in [7, 11) is 0. The van der Waals surface area contributed by atoms with Crippen molar-refractivity contribution in [2.45, 2.75) is 19.3 Å². The van der Waals surface area contributed by atoms with Crippen LogP contribution in [-0.2, 0) is 5.41 Å². The van der Waals surface area contributed by atoms with Gasteiger partial charge in [-0.05, 0) is 62.4 Å². The van der Waals surface area contributed by atoms with Crippen LogP contribution in [0.5, 0.6) is 23.0 Å². The van der Waals surface area contributed by atoms with Crippen LogP contribution in [0.2, 0.25) is 0 Å². The second-order valence-corrected chi connectivity index (χ2v) is 7.64. The summed E-state index contributed by atoms with van der Waals surface area (Å²) in [6.45, 7) is 4.52. The van der Waals surface area contributed by atoms with Gasteiger partial charge in [0.25, 0.3) is 0 Å². The van der Waals surface area contributed by atoms with Crippen molar-refractivity contribution in [3.05, 3.63) is 70.2 Å². The zero-order valence-corrected chi connectivity index (χ0v) is 15.0. The molecule has 0 amide bonds. The molecule has 0 saturated heterocycles. The molecular formula is C21H15BrO2. The second-order valence-electron chi connectivity index (χ2n) is 6.79. The zero-order valence-electron chi connectivity index (χ0n) is 13.4. The van der Waals surface area contributed by atoms with Gasteiger partial charge in [0, 0.05) is 5.41 Å². The van der Waals surface area contributed by atoms with Crippen molar-refractivity contribution in [2.24, 2.45) is 0 Å². The fraction of sp³-hybridized carbons (Fsp3) is 0.143. The lowest BCUT2D eigenvalue weighted by molar-refractivity contribution is 0.357.